The molecule has 3 fully saturated rings. The molecule has 1 amide bonds. The van der Waals surface area contributed by atoms with E-state index in [9.17, 15) is 9.90 Å². The van der Waals surface area contributed by atoms with Gasteiger partial charge in [0.25, 0.3) is 5.91 Å². The lowest BCUT2D eigenvalue weighted by Gasteiger charge is -2.25. The van der Waals surface area contributed by atoms with Crippen molar-refractivity contribution in [1.29, 1.82) is 0 Å². The molecule has 3 saturated heterocycles. The molecule has 0 bridgehead atoms. The number of hydrogen-bond donors (Lipinski definition) is 1. The molecule has 142 valence electrons. The first-order chi connectivity index (χ1) is 12.7. The van der Waals surface area contributed by atoms with Crippen LogP contribution in [0.5, 0.6) is 5.75 Å². The third-order valence-corrected chi connectivity index (χ3v) is 5.70. The number of aliphatic hydroxyl groups excluding tert-OH is 1. The molecule has 0 spiro atoms. The number of rotatable bonds is 5. The van der Waals surface area contributed by atoms with Crippen molar-refractivity contribution in [1.82, 2.24) is 9.80 Å². The maximum atomic E-state index is 12.9. The highest BCUT2D eigenvalue weighted by molar-refractivity contribution is 5.94. The van der Waals surface area contributed by atoms with Gasteiger partial charge in [-0.25, -0.2) is 0 Å². The van der Waals surface area contributed by atoms with Gasteiger partial charge in [-0.15, -0.1) is 0 Å². The number of ether oxygens (including phenoxy) is 2. The van der Waals surface area contributed by atoms with Crippen molar-refractivity contribution in [3.63, 3.8) is 0 Å². The lowest BCUT2D eigenvalue weighted by molar-refractivity contribution is 0.0677. The molecule has 0 aliphatic carbocycles. The summed E-state index contributed by atoms with van der Waals surface area (Å²) in [7, 11) is 0. The van der Waals surface area contributed by atoms with Crippen molar-refractivity contribution in [2.45, 2.75) is 43.9 Å². The number of likely N-dealkylation sites (tertiary alicyclic amines) is 2. The van der Waals surface area contributed by atoms with Crippen LogP contribution in [-0.4, -0.2) is 78.5 Å². The first-order valence-corrected chi connectivity index (χ1v) is 9.76. The SMILES string of the molecule is O=C(c1cccc(OC[C@@H]2CCCO2)c1)N1C[C@@H](O)[C@@H](N2CCCC2)C1. The van der Waals surface area contributed by atoms with E-state index in [4.69, 9.17) is 9.47 Å². The minimum absolute atomic E-state index is 0.0340. The molecule has 0 unspecified atom stereocenters. The zero-order chi connectivity index (χ0) is 17.9. The number of nitrogens with zero attached hydrogens (tertiary/aromatic N) is 2. The van der Waals surface area contributed by atoms with Crippen molar-refractivity contribution in [3.05, 3.63) is 29.8 Å². The summed E-state index contributed by atoms with van der Waals surface area (Å²) < 4.78 is 11.4. The van der Waals surface area contributed by atoms with Crippen LogP contribution in [0.2, 0.25) is 0 Å². The van der Waals surface area contributed by atoms with Gasteiger partial charge in [0.05, 0.1) is 18.2 Å². The van der Waals surface area contributed by atoms with Crippen LogP contribution in [0.15, 0.2) is 24.3 Å². The number of hydrogen-bond acceptors (Lipinski definition) is 5. The van der Waals surface area contributed by atoms with Crippen LogP contribution in [0.1, 0.15) is 36.0 Å². The predicted molar refractivity (Wildman–Crippen MR) is 97.4 cm³/mol. The summed E-state index contributed by atoms with van der Waals surface area (Å²) in [6.45, 7) is 4.38. The van der Waals surface area contributed by atoms with Crippen LogP contribution in [0.3, 0.4) is 0 Å². The van der Waals surface area contributed by atoms with Gasteiger partial charge in [0.2, 0.25) is 0 Å². The van der Waals surface area contributed by atoms with E-state index in [1.165, 1.54) is 12.8 Å². The van der Waals surface area contributed by atoms with Crippen LogP contribution in [0.25, 0.3) is 0 Å². The van der Waals surface area contributed by atoms with Crippen molar-refractivity contribution < 1.29 is 19.4 Å². The molecule has 3 aliphatic heterocycles. The first kappa shape index (κ1) is 17.8. The van der Waals surface area contributed by atoms with Gasteiger partial charge in [-0.2, -0.15) is 0 Å². The Morgan fingerprint density at radius 2 is 2.08 bits per heavy atom. The molecule has 6 heteroatoms. The highest BCUT2D eigenvalue weighted by Crippen LogP contribution is 2.24. The topological polar surface area (TPSA) is 62.2 Å². The van der Waals surface area contributed by atoms with Gasteiger partial charge < -0.3 is 19.5 Å². The summed E-state index contributed by atoms with van der Waals surface area (Å²) in [4.78, 5) is 17.0. The van der Waals surface area contributed by atoms with Gasteiger partial charge in [-0.05, 0) is 57.0 Å². The fourth-order valence-corrected chi connectivity index (χ4v) is 4.23. The van der Waals surface area contributed by atoms with Gasteiger partial charge in [-0.1, -0.05) is 6.07 Å². The maximum absolute atomic E-state index is 12.9. The Balaban J connectivity index is 1.37. The number of aliphatic hydroxyl groups is 1. The number of benzene rings is 1. The van der Waals surface area contributed by atoms with E-state index in [1.807, 2.05) is 18.2 Å². The predicted octanol–water partition coefficient (Wildman–Crippen LogP) is 1.53. The van der Waals surface area contributed by atoms with Gasteiger partial charge >= 0.3 is 0 Å². The standard InChI is InChI=1S/C20H28N2O4/c23-19-13-22(12-18(19)21-8-1-2-9-21)20(24)15-5-3-6-16(11-15)26-14-17-7-4-10-25-17/h3,5-6,11,17-19,23H,1-2,4,7-10,12-14H2/t17-,18-,19+/m0/s1. The lowest BCUT2D eigenvalue weighted by Crippen LogP contribution is -2.41. The van der Waals surface area contributed by atoms with Crippen molar-refractivity contribution in [3.8, 4) is 5.75 Å². The molecule has 3 heterocycles. The normalized spacial score (nSPS) is 29.4. The fraction of sp³-hybridized carbons (Fsp3) is 0.650. The number of carbonyl (C=O) groups excluding carboxylic acids is 1. The summed E-state index contributed by atoms with van der Waals surface area (Å²) in [6.07, 6.45) is 4.17. The lowest BCUT2D eigenvalue weighted by atomic mass is 10.2. The van der Waals surface area contributed by atoms with E-state index >= 15 is 0 Å². The maximum Gasteiger partial charge on any atom is 0.254 e. The van der Waals surface area contributed by atoms with Crippen LogP contribution in [0.4, 0.5) is 0 Å². The third kappa shape index (κ3) is 3.87. The summed E-state index contributed by atoms with van der Waals surface area (Å²) in [5.74, 6) is 0.663. The summed E-state index contributed by atoms with van der Waals surface area (Å²) in [6, 6.07) is 7.41. The van der Waals surface area contributed by atoms with Crippen LogP contribution in [-0.2, 0) is 4.74 Å². The second-order valence-electron chi connectivity index (χ2n) is 7.56. The van der Waals surface area contributed by atoms with Crippen LogP contribution < -0.4 is 4.74 Å². The van der Waals surface area contributed by atoms with Crippen molar-refractivity contribution in [2.24, 2.45) is 0 Å². The minimum atomic E-state index is -0.462. The quantitative estimate of drug-likeness (QED) is 0.863. The van der Waals surface area contributed by atoms with E-state index in [1.54, 1.807) is 11.0 Å². The molecule has 6 nitrogen and oxygen atoms in total. The second-order valence-corrected chi connectivity index (χ2v) is 7.56. The molecule has 4 rings (SSSR count). The Bertz CT molecular complexity index is 626. The van der Waals surface area contributed by atoms with Gasteiger partial charge in [0.1, 0.15) is 12.4 Å². The fourth-order valence-electron chi connectivity index (χ4n) is 4.23. The third-order valence-electron chi connectivity index (χ3n) is 5.70. The Morgan fingerprint density at radius 3 is 2.85 bits per heavy atom. The highest BCUT2D eigenvalue weighted by Gasteiger charge is 2.38. The van der Waals surface area contributed by atoms with E-state index in [0.29, 0.717) is 31.0 Å². The van der Waals surface area contributed by atoms with Crippen molar-refractivity contribution >= 4 is 5.91 Å². The van der Waals surface area contributed by atoms with Crippen LogP contribution in [0, 0.1) is 0 Å². The van der Waals surface area contributed by atoms with Gasteiger partial charge in [-0.3, -0.25) is 9.69 Å². The molecule has 1 N–H and O–H groups in total. The Hall–Kier alpha value is -1.63. The average Bonchev–Trinajstić information content (AvgIpc) is 3.41. The Morgan fingerprint density at radius 1 is 1.23 bits per heavy atom. The molecular weight excluding hydrogens is 332 g/mol. The summed E-state index contributed by atoms with van der Waals surface area (Å²) in [5, 5.41) is 10.4. The molecule has 26 heavy (non-hydrogen) atoms. The molecule has 0 aromatic heterocycles. The Labute approximate surface area is 154 Å². The molecule has 0 saturated carbocycles. The van der Waals surface area contributed by atoms with E-state index in [0.717, 1.165) is 32.5 Å². The summed E-state index contributed by atoms with van der Waals surface area (Å²) in [5.41, 5.74) is 0.615. The number of β-amino-alcohol motifs (C(OH)–C–C–N with tert-alkyl or cyclic N) is 1. The second kappa shape index (κ2) is 7.94. The molecule has 3 aliphatic rings. The smallest absolute Gasteiger partial charge is 0.254 e. The number of carbonyl (C=O) groups is 1. The molecule has 1 aromatic carbocycles. The van der Waals surface area contributed by atoms with E-state index in [-0.39, 0.29) is 18.1 Å². The largest absolute Gasteiger partial charge is 0.491 e. The Kier molecular flexibility index (Phi) is 5.43. The minimum Gasteiger partial charge on any atom is -0.491 e. The molecular formula is C20H28N2O4. The number of amides is 1. The monoisotopic (exact) mass is 360 g/mol. The zero-order valence-corrected chi connectivity index (χ0v) is 15.2. The highest BCUT2D eigenvalue weighted by atomic mass is 16.5. The summed E-state index contributed by atoms with van der Waals surface area (Å²) >= 11 is 0. The van der Waals surface area contributed by atoms with E-state index < -0.39 is 6.10 Å². The average molecular weight is 360 g/mol. The van der Waals surface area contributed by atoms with Gasteiger partial charge in [0.15, 0.2) is 0 Å². The first-order valence-electron chi connectivity index (χ1n) is 9.76. The van der Waals surface area contributed by atoms with Crippen molar-refractivity contribution in [2.75, 3.05) is 39.4 Å². The van der Waals surface area contributed by atoms with E-state index in [2.05, 4.69) is 4.90 Å². The molecule has 1 aromatic rings. The molecule has 0 radical (unpaired) electrons. The molecule has 3 atom stereocenters. The van der Waals surface area contributed by atoms with Gasteiger partial charge in [0, 0.05) is 25.3 Å². The zero-order valence-electron chi connectivity index (χ0n) is 15.2. The van der Waals surface area contributed by atoms with Crippen LogP contribution >= 0.6 is 0 Å².